The molecule has 1 aliphatic rings. The summed E-state index contributed by atoms with van der Waals surface area (Å²) in [5.74, 6) is 0.662. The third-order valence-corrected chi connectivity index (χ3v) is 7.19. The molecule has 5 aromatic rings. The minimum absolute atomic E-state index is 0.0722. The molecule has 6 rings (SSSR count). The Bertz CT molecular complexity index is 1570. The van der Waals surface area contributed by atoms with Gasteiger partial charge in [-0.15, -0.1) is 0 Å². The molecule has 0 saturated carbocycles. The number of carbonyl (C=O) groups excluding carboxylic acids is 1. The molecule has 170 valence electrons. The lowest BCUT2D eigenvalue weighted by atomic mass is 9.86. The molecule has 34 heavy (non-hydrogen) atoms. The van der Waals surface area contributed by atoms with Gasteiger partial charge in [-0.25, -0.2) is 9.97 Å². The van der Waals surface area contributed by atoms with Crippen LogP contribution in [0, 0.1) is 5.92 Å². The van der Waals surface area contributed by atoms with Crippen LogP contribution in [-0.4, -0.2) is 25.8 Å². The standard InChI is InChI=1S/C25H22N6O2S/c32-24(26-12-14-4-2-1-3-5-14)15-6-8-18-17(10-15)21-22(27-13-28-23(21)30-18)29-16-7-9-19-20(11-16)34-25(33)31-19/h1-5,7,9,11,13,15H,6,8,10,12H2,(H,26,32)(H,31,33)(H2,27,28,29,30)/t15-/m0/s1. The van der Waals surface area contributed by atoms with E-state index in [-0.39, 0.29) is 16.7 Å². The number of fused-ring (bicyclic) bond motifs is 4. The van der Waals surface area contributed by atoms with E-state index in [9.17, 15) is 9.59 Å². The van der Waals surface area contributed by atoms with E-state index in [2.05, 4.69) is 30.6 Å². The van der Waals surface area contributed by atoms with E-state index in [0.717, 1.165) is 56.6 Å². The Hall–Kier alpha value is -3.98. The number of aryl methyl sites for hydroxylation is 1. The second kappa shape index (κ2) is 8.42. The van der Waals surface area contributed by atoms with Crippen molar-refractivity contribution in [2.24, 2.45) is 5.92 Å². The summed E-state index contributed by atoms with van der Waals surface area (Å²) in [5.41, 5.74) is 5.72. The zero-order valence-corrected chi connectivity index (χ0v) is 19.0. The zero-order valence-electron chi connectivity index (χ0n) is 18.2. The summed E-state index contributed by atoms with van der Waals surface area (Å²) in [7, 11) is 0. The highest BCUT2D eigenvalue weighted by Gasteiger charge is 2.29. The molecule has 0 saturated heterocycles. The number of nitrogens with zero attached hydrogens (tertiary/aromatic N) is 2. The highest BCUT2D eigenvalue weighted by molar-refractivity contribution is 7.16. The maximum absolute atomic E-state index is 12.9. The third kappa shape index (κ3) is 3.84. The SMILES string of the molecule is O=C(NCc1ccccc1)[C@H]1CCc2[nH]c3ncnc(Nc4ccc5[nH]c(=O)sc5c4)c3c2C1. The van der Waals surface area contributed by atoms with Gasteiger partial charge in [-0.1, -0.05) is 41.7 Å². The number of nitrogens with one attached hydrogen (secondary N) is 4. The van der Waals surface area contributed by atoms with Gasteiger partial charge in [0.15, 0.2) is 0 Å². The minimum atomic E-state index is -0.100. The van der Waals surface area contributed by atoms with Crippen LogP contribution >= 0.6 is 11.3 Å². The second-order valence-electron chi connectivity index (χ2n) is 8.52. The van der Waals surface area contributed by atoms with Crippen molar-refractivity contribution < 1.29 is 4.79 Å². The Morgan fingerprint density at radius 1 is 1.12 bits per heavy atom. The normalized spacial score (nSPS) is 15.4. The van der Waals surface area contributed by atoms with Crippen molar-refractivity contribution in [3.63, 3.8) is 0 Å². The fraction of sp³-hybridized carbons (Fsp3) is 0.200. The number of hydrogen-bond donors (Lipinski definition) is 4. The maximum atomic E-state index is 12.9. The molecule has 0 spiro atoms. The average molecular weight is 471 g/mol. The Morgan fingerprint density at radius 3 is 2.88 bits per heavy atom. The quantitative estimate of drug-likeness (QED) is 0.310. The van der Waals surface area contributed by atoms with Crippen LogP contribution < -0.4 is 15.5 Å². The number of benzene rings is 2. The average Bonchev–Trinajstić information content (AvgIpc) is 3.42. The first-order valence-corrected chi connectivity index (χ1v) is 12.0. The van der Waals surface area contributed by atoms with E-state index in [4.69, 9.17) is 0 Å². The van der Waals surface area contributed by atoms with Crippen LogP contribution in [0.5, 0.6) is 0 Å². The van der Waals surface area contributed by atoms with Gasteiger partial charge >= 0.3 is 4.87 Å². The Kier molecular flexibility index (Phi) is 5.10. The molecular formula is C25H22N6O2S. The van der Waals surface area contributed by atoms with Crippen LogP contribution in [0.4, 0.5) is 11.5 Å². The largest absolute Gasteiger partial charge is 0.352 e. The number of amides is 1. The Morgan fingerprint density at radius 2 is 2.00 bits per heavy atom. The van der Waals surface area contributed by atoms with E-state index in [1.807, 2.05) is 48.5 Å². The number of rotatable bonds is 5. The van der Waals surface area contributed by atoms with Crippen LogP contribution in [-0.2, 0) is 24.2 Å². The van der Waals surface area contributed by atoms with E-state index in [1.165, 1.54) is 17.7 Å². The van der Waals surface area contributed by atoms with Gasteiger partial charge in [0.05, 0.1) is 15.6 Å². The smallest absolute Gasteiger partial charge is 0.305 e. The summed E-state index contributed by atoms with van der Waals surface area (Å²) in [6.07, 6.45) is 3.75. The van der Waals surface area contributed by atoms with Gasteiger partial charge in [0.1, 0.15) is 17.8 Å². The van der Waals surface area contributed by atoms with Crippen molar-refractivity contribution in [3.05, 3.63) is 81.3 Å². The van der Waals surface area contributed by atoms with Gasteiger partial charge in [-0.05, 0) is 48.6 Å². The van der Waals surface area contributed by atoms with Crippen molar-refractivity contribution >= 4 is 50.0 Å². The number of H-pyrrole nitrogens is 2. The first kappa shape index (κ1) is 20.6. The predicted molar refractivity (Wildman–Crippen MR) is 133 cm³/mol. The fourth-order valence-electron chi connectivity index (χ4n) is 4.65. The number of aromatic nitrogens is 4. The predicted octanol–water partition coefficient (Wildman–Crippen LogP) is 4.03. The fourth-order valence-corrected chi connectivity index (χ4v) is 5.42. The number of carbonyl (C=O) groups is 1. The highest BCUT2D eigenvalue weighted by atomic mass is 32.1. The molecule has 4 N–H and O–H groups in total. The number of thiazole rings is 1. The summed E-state index contributed by atoms with van der Waals surface area (Å²) in [5, 5.41) is 7.40. The molecule has 0 unspecified atom stereocenters. The first-order valence-electron chi connectivity index (χ1n) is 11.2. The van der Waals surface area contributed by atoms with Gasteiger partial charge in [0, 0.05) is 23.8 Å². The number of anilines is 2. The van der Waals surface area contributed by atoms with Crippen LogP contribution in [0.3, 0.4) is 0 Å². The number of aromatic amines is 2. The molecule has 0 fully saturated rings. The summed E-state index contributed by atoms with van der Waals surface area (Å²) >= 11 is 1.18. The molecule has 9 heteroatoms. The van der Waals surface area contributed by atoms with Gasteiger partial charge in [-0.2, -0.15) is 0 Å². The topological polar surface area (TPSA) is 116 Å². The molecular weight excluding hydrogens is 448 g/mol. The first-order chi connectivity index (χ1) is 16.6. The molecule has 1 atom stereocenters. The van der Waals surface area contributed by atoms with Crippen molar-refractivity contribution in [1.82, 2.24) is 25.3 Å². The van der Waals surface area contributed by atoms with Crippen LogP contribution in [0.25, 0.3) is 21.3 Å². The van der Waals surface area contributed by atoms with Crippen molar-refractivity contribution in [1.29, 1.82) is 0 Å². The molecule has 0 aliphatic heterocycles. The molecule has 3 heterocycles. The van der Waals surface area contributed by atoms with Gasteiger partial charge in [0.2, 0.25) is 5.91 Å². The Labute approximate surface area is 198 Å². The van der Waals surface area contributed by atoms with E-state index in [1.54, 1.807) is 0 Å². The molecule has 1 amide bonds. The van der Waals surface area contributed by atoms with Gasteiger partial charge < -0.3 is 20.6 Å². The summed E-state index contributed by atoms with van der Waals surface area (Å²) < 4.78 is 0.881. The zero-order chi connectivity index (χ0) is 23.1. The van der Waals surface area contributed by atoms with Crippen LogP contribution in [0.1, 0.15) is 23.2 Å². The number of hydrogen-bond acceptors (Lipinski definition) is 6. The van der Waals surface area contributed by atoms with Crippen molar-refractivity contribution in [3.8, 4) is 0 Å². The minimum Gasteiger partial charge on any atom is -0.352 e. The molecule has 0 bridgehead atoms. The van der Waals surface area contributed by atoms with Crippen molar-refractivity contribution in [2.75, 3.05) is 5.32 Å². The van der Waals surface area contributed by atoms with Gasteiger partial charge in [0.25, 0.3) is 0 Å². The van der Waals surface area contributed by atoms with Crippen LogP contribution in [0.15, 0.2) is 59.7 Å². The highest BCUT2D eigenvalue weighted by Crippen LogP contribution is 2.35. The molecule has 0 radical (unpaired) electrons. The van der Waals surface area contributed by atoms with E-state index < -0.39 is 0 Å². The lowest BCUT2D eigenvalue weighted by Gasteiger charge is -2.22. The third-order valence-electron chi connectivity index (χ3n) is 6.34. The maximum Gasteiger partial charge on any atom is 0.305 e. The summed E-state index contributed by atoms with van der Waals surface area (Å²) in [6, 6.07) is 15.7. The lowest BCUT2D eigenvalue weighted by Crippen LogP contribution is -2.33. The molecule has 2 aromatic carbocycles. The lowest BCUT2D eigenvalue weighted by molar-refractivity contribution is -0.125. The summed E-state index contributed by atoms with van der Waals surface area (Å²) in [4.78, 5) is 39.7. The monoisotopic (exact) mass is 470 g/mol. The van der Waals surface area contributed by atoms with Crippen LogP contribution in [0.2, 0.25) is 0 Å². The molecule has 3 aromatic heterocycles. The summed E-state index contributed by atoms with van der Waals surface area (Å²) in [6.45, 7) is 0.528. The van der Waals surface area contributed by atoms with E-state index >= 15 is 0 Å². The van der Waals surface area contributed by atoms with Crippen molar-refractivity contribution in [2.45, 2.75) is 25.8 Å². The van der Waals surface area contributed by atoms with E-state index in [0.29, 0.717) is 18.8 Å². The van der Waals surface area contributed by atoms with Gasteiger partial charge in [-0.3, -0.25) is 9.59 Å². The molecule has 8 nitrogen and oxygen atoms in total. The molecule has 1 aliphatic carbocycles. The second-order valence-corrected chi connectivity index (χ2v) is 9.54. The Balaban J connectivity index is 1.27.